The summed E-state index contributed by atoms with van der Waals surface area (Å²) in [7, 11) is 3.10. The first kappa shape index (κ1) is 19.1. The van der Waals surface area contributed by atoms with E-state index in [9.17, 15) is 9.59 Å². The van der Waals surface area contributed by atoms with Crippen LogP contribution in [0.15, 0.2) is 48.5 Å². The average molecular weight is 356 g/mol. The lowest BCUT2D eigenvalue weighted by atomic mass is 10.1. The predicted molar refractivity (Wildman–Crippen MR) is 96.6 cm³/mol. The average Bonchev–Trinajstić information content (AvgIpc) is 2.66. The molecule has 0 amide bonds. The molecule has 0 radical (unpaired) electrons. The Labute approximate surface area is 151 Å². The summed E-state index contributed by atoms with van der Waals surface area (Å²) in [6, 6.07) is 11.5. The standard InChI is InChI=1S/C20H20O6/c1-4-25-20(22)15-6-5-7-17(13-15)26-19(21)11-8-14-12-16(23-2)9-10-18(14)24-3/h5-13H,4H2,1-3H3/b11-8+. The first-order valence-electron chi connectivity index (χ1n) is 7.96. The van der Waals surface area contributed by atoms with E-state index < -0.39 is 11.9 Å². The van der Waals surface area contributed by atoms with Gasteiger partial charge in [0, 0.05) is 11.6 Å². The fraction of sp³-hybridized carbons (Fsp3) is 0.200. The summed E-state index contributed by atoms with van der Waals surface area (Å²) < 4.78 is 20.6. The Kier molecular flexibility index (Phi) is 6.79. The van der Waals surface area contributed by atoms with Gasteiger partial charge in [-0.2, -0.15) is 0 Å². The highest BCUT2D eigenvalue weighted by atomic mass is 16.5. The molecule has 0 saturated heterocycles. The van der Waals surface area contributed by atoms with E-state index in [2.05, 4.69) is 0 Å². The van der Waals surface area contributed by atoms with Crippen molar-refractivity contribution in [2.24, 2.45) is 0 Å². The van der Waals surface area contributed by atoms with Crippen molar-refractivity contribution >= 4 is 18.0 Å². The van der Waals surface area contributed by atoms with Crippen molar-refractivity contribution in [2.75, 3.05) is 20.8 Å². The molecular weight excluding hydrogens is 336 g/mol. The van der Waals surface area contributed by atoms with Gasteiger partial charge in [-0.3, -0.25) is 0 Å². The van der Waals surface area contributed by atoms with Crippen molar-refractivity contribution in [2.45, 2.75) is 6.92 Å². The SMILES string of the molecule is CCOC(=O)c1cccc(OC(=O)/C=C/c2cc(OC)ccc2OC)c1. The number of carbonyl (C=O) groups is 2. The molecule has 0 spiro atoms. The van der Waals surface area contributed by atoms with E-state index in [1.807, 2.05) is 0 Å². The van der Waals surface area contributed by atoms with E-state index in [-0.39, 0.29) is 12.4 Å². The molecule has 6 nitrogen and oxygen atoms in total. The monoisotopic (exact) mass is 356 g/mol. The molecule has 2 rings (SSSR count). The first-order chi connectivity index (χ1) is 12.6. The van der Waals surface area contributed by atoms with E-state index in [0.29, 0.717) is 22.6 Å². The zero-order valence-electron chi connectivity index (χ0n) is 14.9. The van der Waals surface area contributed by atoms with Crippen molar-refractivity contribution in [3.05, 3.63) is 59.7 Å². The van der Waals surface area contributed by atoms with Gasteiger partial charge in [0.1, 0.15) is 17.2 Å². The maximum atomic E-state index is 12.0. The molecule has 0 aliphatic heterocycles. The van der Waals surface area contributed by atoms with Crippen LogP contribution in [0.3, 0.4) is 0 Å². The van der Waals surface area contributed by atoms with Gasteiger partial charge in [-0.05, 0) is 49.4 Å². The molecule has 0 heterocycles. The summed E-state index contributed by atoms with van der Waals surface area (Å²) in [6.45, 7) is 1.99. The van der Waals surface area contributed by atoms with Crippen molar-refractivity contribution in [3.63, 3.8) is 0 Å². The highest BCUT2D eigenvalue weighted by Crippen LogP contribution is 2.25. The Hall–Kier alpha value is -3.28. The molecule has 136 valence electrons. The number of ether oxygens (including phenoxy) is 4. The summed E-state index contributed by atoms with van der Waals surface area (Å²) in [5.74, 6) is 0.431. The topological polar surface area (TPSA) is 71.1 Å². The highest BCUT2D eigenvalue weighted by molar-refractivity contribution is 5.91. The Bertz CT molecular complexity index is 810. The van der Waals surface area contributed by atoms with Gasteiger partial charge in [-0.25, -0.2) is 9.59 Å². The normalized spacial score (nSPS) is 10.4. The molecule has 6 heteroatoms. The molecular formula is C20H20O6. The number of benzene rings is 2. The number of methoxy groups -OCH3 is 2. The van der Waals surface area contributed by atoms with Crippen LogP contribution < -0.4 is 14.2 Å². The quantitative estimate of drug-likeness (QED) is 0.430. The van der Waals surface area contributed by atoms with Crippen LogP contribution in [0.5, 0.6) is 17.2 Å². The molecule has 0 aliphatic rings. The minimum Gasteiger partial charge on any atom is -0.497 e. The van der Waals surface area contributed by atoms with Gasteiger partial charge in [-0.1, -0.05) is 6.07 Å². The zero-order chi connectivity index (χ0) is 18.9. The molecule has 0 saturated carbocycles. The third kappa shape index (κ3) is 5.11. The molecule has 0 aliphatic carbocycles. The Balaban J connectivity index is 2.10. The van der Waals surface area contributed by atoms with Crippen LogP contribution in [0.2, 0.25) is 0 Å². The maximum absolute atomic E-state index is 12.0. The molecule has 0 N–H and O–H groups in total. The second-order valence-electron chi connectivity index (χ2n) is 5.11. The molecule has 0 unspecified atom stereocenters. The molecule has 0 bridgehead atoms. The molecule has 0 aromatic heterocycles. The largest absolute Gasteiger partial charge is 0.497 e. The lowest BCUT2D eigenvalue weighted by Crippen LogP contribution is -2.07. The summed E-state index contributed by atoms with van der Waals surface area (Å²) in [6.07, 6.45) is 2.84. The molecule has 2 aromatic rings. The molecule has 0 atom stereocenters. The third-order valence-electron chi connectivity index (χ3n) is 3.40. The highest BCUT2D eigenvalue weighted by Gasteiger charge is 2.09. The van der Waals surface area contributed by atoms with Crippen molar-refractivity contribution in [1.82, 2.24) is 0 Å². The van der Waals surface area contributed by atoms with Gasteiger partial charge >= 0.3 is 11.9 Å². The second-order valence-corrected chi connectivity index (χ2v) is 5.11. The van der Waals surface area contributed by atoms with Crippen LogP contribution in [-0.2, 0) is 9.53 Å². The van der Waals surface area contributed by atoms with Gasteiger partial charge in [-0.15, -0.1) is 0 Å². The van der Waals surface area contributed by atoms with Crippen LogP contribution in [0, 0.1) is 0 Å². The Morgan fingerprint density at radius 2 is 1.81 bits per heavy atom. The smallest absolute Gasteiger partial charge is 0.338 e. The summed E-state index contributed by atoms with van der Waals surface area (Å²) >= 11 is 0. The second kappa shape index (κ2) is 9.27. The van der Waals surface area contributed by atoms with Crippen LogP contribution >= 0.6 is 0 Å². The van der Waals surface area contributed by atoms with E-state index in [4.69, 9.17) is 18.9 Å². The fourth-order valence-electron chi connectivity index (χ4n) is 2.18. The molecule has 2 aromatic carbocycles. The number of hydrogen-bond donors (Lipinski definition) is 0. The van der Waals surface area contributed by atoms with Crippen LogP contribution in [0.25, 0.3) is 6.08 Å². The number of rotatable bonds is 7. The predicted octanol–water partition coefficient (Wildman–Crippen LogP) is 3.50. The minimum atomic E-state index is -0.587. The summed E-state index contributed by atoms with van der Waals surface area (Å²) in [5.41, 5.74) is 0.986. The lowest BCUT2D eigenvalue weighted by Gasteiger charge is -2.07. The third-order valence-corrected chi connectivity index (χ3v) is 3.40. The summed E-state index contributed by atoms with van der Waals surface area (Å²) in [5, 5.41) is 0. The zero-order valence-corrected chi connectivity index (χ0v) is 14.9. The molecule has 26 heavy (non-hydrogen) atoms. The van der Waals surface area contributed by atoms with Gasteiger partial charge in [0.25, 0.3) is 0 Å². The maximum Gasteiger partial charge on any atom is 0.338 e. The van der Waals surface area contributed by atoms with Gasteiger partial charge in [0.2, 0.25) is 0 Å². The fourth-order valence-corrected chi connectivity index (χ4v) is 2.18. The van der Waals surface area contributed by atoms with E-state index in [0.717, 1.165) is 0 Å². The summed E-state index contributed by atoms with van der Waals surface area (Å²) in [4.78, 5) is 23.8. The Morgan fingerprint density at radius 3 is 2.50 bits per heavy atom. The van der Waals surface area contributed by atoms with E-state index in [1.165, 1.54) is 12.1 Å². The van der Waals surface area contributed by atoms with Crippen LogP contribution in [0.1, 0.15) is 22.8 Å². The van der Waals surface area contributed by atoms with Crippen molar-refractivity contribution in [1.29, 1.82) is 0 Å². The first-order valence-corrected chi connectivity index (χ1v) is 7.96. The van der Waals surface area contributed by atoms with Crippen molar-refractivity contribution in [3.8, 4) is 17.2 Å². The lowest BCUT2D eigenvalue weighted by molar-refractivity contribution is -0.128. The van der Waals surface area contributed by atoms with Gasteiger partial charge in [0.05, 0.1) is 26.4 Å². The Morgan fingerprint density at radius 1 is 1.00 bits per heavy atom. The van der Waals surface area contributed by atoms with Crippen LogP contribution in [0.4, 0.5) is 0 Å². The van der Waals surface area contributed by atoms with Crippen molar-refractivity contribution < 1.29 is 28.5 Å². The number of esters is 2. The number of carbonyl (C=O) groups excluding carboxylic acids is 2. The van der Waals surface area contributed by atoms with Crippen LogP contribution in [-0.4, -0.2) is 32.8 Å². The van der Waals surface area contributed by atoms with Gasteiger partial charge in [0.15, 0.2) is 0 Å². The minimum absolute atomic E-state index is 0.253. The van der Waals surface area contributed by atoms with E-state index in [1.54, 1.807) is 63.6 Å². The van der Waals surface area contributed by atoms with E-state index >= 15 is 0 Å². The van der Waals surface area contributed by atoms with Gasteiger partial charge < -0.3 is 18.9 Å². The molecule has 0 fully saturated rings. The number of hydrogen-bond acceptors (Lipinski definition) is 6.